The molecule has 0 aliphatic heterocycles. The van der Waals surface area contributed by atoms with Gasteiger partial charge in [-0.25, -0.2) is 0 Å². The van der Waals surface area contributed by atoms with Gasteiger partial charge < -0.3 is 15.0 Å². The highest BCUT2D eigenvalue weighted by Gasteiger charge is 2.30. The molecule has 2 amide bonds. The monoisotopic (exact) mass is 576 g/mol. The van der Waals surface area contributed by atoms with Gasteiger partial charge >= 0.3 is 0 Å². The van der Waals surface area contributed by atoms with Crippen molar-refractivity contribution < 1.29 is 14.3 Å². The number of nitrogens with zero attached hydrogens (tertiary/aromatic N) is 1. The van der Waals surface area contributed by atoms with Gasteiger partial charge in [-0.2, -0.15) is 0 Å². The van der Waals surface area contributed by atoms with Gasteiger partial charge in [0.25, 0.3) is 5.91 Å². The van der Waals surface area contributed by atoms with E-state index in [1.807, 2.05) is 37.3 Å². The smallest absolute Gasteiger partial charge is 0.261 e. The van der Waals surface area contributed by atoms with Crippen molar-refractivity contribution in [2.45, 2.75) is 90.3 Å². The summed E-state index contributed by atoms with van der Waals surface area (Å²) < 4.78 is 6.74. The molecule has 1 N–H and O–H groups in total. The summed E-state index contributed by atoms with van der Waals surface area (Å²) in [6, 6.07) is 12.9. The molecule has 196 valence electrons. The Morgan fingerprint density at radius 1 is 1.11 bits per heavy atom. The van der Waals surface area contributed by atoms with Gasteiger partial charge in [-0.1, -0.05) is 76.8 Å². The van der Waals surface area contributed by atoms with E-state index in [1.165, 1.54) is 12.0 Å². The van der Waals surface area contributed by atoms with Crippen molar-refractivity contribution in [3.63, 3.8) is 0 Å². The van der Waals surface area contributed by atoms with Gasteiger partial charge in [0.05, 0.1) is 4.47 Å². The lowest BCUT2D eigenvalue weighted by Gasteiger charge is -2.32. The third kappa shape index (κ3) is 7.97. The Bertz CT molecular complexity index is 1030. The molecule has 1 fully saturated rings. The van der Waals surface area contributed by atoms with Crippen molar-refractivity contribution in [1.29, 1.82) is 0 Å². The third-order valence-corrected chi connectivity index (χ3v) is 7.62. The molecule has 0 spiro atoms. The van der Waals surface area contributed by atoms with Crippen LogP contribution in [-0.2, 0) is 21.5 Å². The van der Waals surface area contributed by atoms with Gasteiger partial charge in [0.2, 0.25) is 5.91 Å². The number of hydrogen-bond donors (Lipinski definition) is 1. The molecular weight excluding hydrogens is 540 g/mol. The topological polar surface area (TPSA) is 58.6 Å². The average Bonchev–Trinajstić information content (AvgIpc) is 2.84. The number of ether oxygens (including phenoxy) is 1. The molecule has 3 rings (SSSR count). The summed E-state index contributed by atoms with van der Waals surface area (Å²) in [4.78, 5) is 28.5. The molecule has 1 aliphatic carbocycles. The lowest BCUT2D eigenvalue weighted by atomic mass is 9.87. The second-order valence-electron chi connectivity index (χ2n) is 10.6. The molecule has 2 aromatic rings. The number of amides is 2. The predicted molar refractivity (Wildman–Crippen MR) is 149 cm³/mol. The lowest BCUT2D eigenvalue weighted by molar-refractivity contribution is -0.143. The summed E-state index contributed by atoms with van der Waals surface area (Å²) in [5, 5.41) is 3.83. The quantitative estimate of drug-likeness (QED) is 0.348. The molecular formula is C29H38BrClN2O3. The van der Waals surface area contributed by atoms with Crippen LogP contribution < -0.4 is 10.1 Å². The molecule has 5 nitrogen and oxygen atoms in total. The van der Waals surface area contributed by atoms with Crippen LogP contribution in [0.1, 0.15) is 77.3 Å². The van der Waals surface area contributed by atoms with Gasteiger partial charge in [0.1, 0.15) is 11.8 Å². The fraction of sp³-hybridized carbons (Fsp3) is 0.517. The molecule has 36 heavy (non-hydrogen) atoms. The van der Waals surface area contributed by atoms with Crippen LogP contribution in [-0.4, -0.2) is 35.4 Å². The summed E-state index contributed by atoms with van der Waals surface area (Å²) in [5.41, 5.74) is 2.09. The van der Waals surface area contributed by atoms with Crippen molar-refractivity contribution in [2.75, 3.05) is 6.61 Å². The van der Waals surface area contributed by atoms with Crippen molar-refractivity contribution >= 4 is 39.3 Å². The number of rotatable bonds is 9. The molecule has 0 heterocycles. The van der Waals surface area contributed by atoms with Crippen LogP contribution in [0.3, 0.4) is 0 Å². The molecule has 0 radical (unpaired) electrons. The van der Waals surface area contributed by atoms with E-state index in [4.69, 9.17) is 16.3 Å². The van der Waals surface area contributed by atoms with Crippen LogP contribution in [0, 0.1) is 0 Å². The number of carbonyl (C=O) groups excluding carboxylic acids is 2. The average molecular weight is 578 g/mol. The molecule has 0 saturated heterocycles. The van der Waals surface area contributed by atoms with E-state index in [-0.39, 0.29) is 29.9 Å². The first-order valence-corrected chi connectivity index (χ1v) is 14.0. The van der Waals surface area contributed by atoms with Gasteiger partial charge in [0.15, 0.2) is 6.61 Å². The first-order valence-electron chi connectivity index (χ1n) is 12.9. The Morgan fingerprint density at radius 3 is 2.36 bits per heavy atom. The maximum Gasteiger partial charge on any atom is 0.261 e. The summed E-state index contributed by atoms with van der Waals surface area (Å²) in [6.07, 6.45) is 5.98. The fourth-order valence-corrected chi connectivity index (χ4v) is 5.18. The van der Waals surface area contributed by atoms with Crippen LogP contribution in [0.2, 0.25) is 5.02 Å². The molecule has 1 atom stereocenters. The van der Waals surface area contributed by atoms with E-state index >= 15 is 0 Å². The zero-order valence-electron chi connectivity index (χ0n) is 21.8. The third-order valence-electron chi connectivity index (χ3n) is 6.75. The Morgan fingerprint density at radius 2 is 1.78 bits per heavy atom. The number of nitrogens with one attached hydrogen (secondary N) is 1. The SMILES string of the molecule is CC[C@@H](C(=O)NC1CCCCC1)N(Cc1ccc(Cl)cc1)C(=O)COc1ccc(C(C)(C)C)cc1Br. The minimum absolute atomic E-state index is 0.00624. The second kappa shape index (κ2) is 13.0. The standard InChI is InChI=1S/C29H38BrClN2O3/c1-5-25(28(35)32-23-9-7-6-8-10-23)33(18-20-11-14-22(31)15-12-20)27(34)19-36-26-16-13-21(17-24(26)30)29(2,3)4/h11-17,23,25H,5-10,18-19H2,1-4H3,(H,32,35)/t25-/m0/s1. The van der Waals surface area contributed by atoms with Crippen LogP contribution in [0.4, 0.5) is 0 Å². The Balaban J connectivity index is 1.76. The van der Waals surface area contributed by atoms with Crippen molar-refractivity contribution in [3.8, 4) is 5.75 Å². The first kappa shape index (κ1) is 28.5. The molecule has 1 aliphatic rings. The van der Waals surface area contributed by atoms with E-state index in [1.54, 1.807) is 17.0 Å². The van der Waals surface area contributed by atoms with E-state index in [0.29, 0.717) is 23.7 Å². The number of hydrogen-bond acceptors (Lipinski definition) is 3. The zero-order valence-corrected chi connectivity index (χ0v) is 24.1. The number of carbonyl (C=O) groups is 2. The normalized spacial score (nSPS) is 15.3. The van der Waals surface area contributed by atoms with Crippen molar-refractivity contribution in [1.82, 2.24) is 10.2 Å². The summed E-state index contributed by atoms with van der Waals surface area (Å²) in [5.74, 6) is 0.271. The molecule has 0 bridgehead atoms. The highest BCUT2D eigenvalue weighted by molar-refractivity contribution is 9.10. The fourth-order valence-electron chi connectivity index (χ4n) is 4.56. The zero-order chi connectivity index (χ0) is 26.3. The van der Waals surface area contributed by atoms with Crippen molar-refractivity contribution in [2.24, 2.45) is 0 Å². The van der Waals surface area contributed by atoms with Gasteiger partial charge in [-0.05, 0) is 76.0 Å². The number of benzene rings is 2. The number of halogens is 2. The van der Waals surface area contributed by atoms with Crippen LogP contribution >= 0.6 is 27.5 Å². The largest absolute Gasteiger partial charge is 0.483 e. The van der Waals surface area contributed by atoms with Crippen LogP contribution in [0.15, 0.2) is 46.9 Å². The molecule has 7 heteroatoms. The molecule has 2 aromatic carbocycles. The van der Waals surface area contributed by atoms with Crippen molar-refractivity contribution in [3.05, 3.63) is 63.1 Å². The summed E-state index contributed by atoms with van der Waals surface area (Å²) >= 11 is 9.64. The van der Waals surface area contributed by atoms with Crippen LogP contribution in [0.5, 0.6) is 5.75 Å². The van der Waals surface area contributed by atoms with Gasteiger partial charge in [-0.3, -0.25) is 9.59 Å². The summed E-state index contributed by atoms with van der Waals surface area (Å²) in [7, 11) is 0. The molecule has 1 saturated carbocycles. The Hall–Kier alpha value is -2.05. The van der Waals surface area contributed by atoms with Gasteiger partial charge in [-0.15, -0.1) is 0 Å². The van der Waals surface area contributed by atoms with Crippen LogP contribution in [0.25, 0.3) is 0 Å². The Kier molecular flexibility index (Phi) is 10.3. The van der Waals surface area contributed by atoms with E-state index < -0.39 is 6.04 Å². The maximum atomic E-state index is 13.5. The first-order chi connectivity index (χ1) is 17.1. The second-order valence-corrected chi connectivity index (χ2v) is 11.9. The molecule has 0 aromatic heterocycles. The van der Waals surface area contributed by atoms with E-state index in [0.717, 1.165) is 35.7 Å². The van der Waals surface area contributed by atoms with E-state index in [9.17, 15) is 9.59 Å². The highest BCUT2D eigenvalue weighted by Crippen LogP contribution is 2.31. The van der Waals surface area contributed by atoms with Gasteiger partial charge in [0, 0.05) is 17.6 Å². The summed E-state index contributed by atoms with van der Waals surface area (Å²) in [6.45, 7) is 8.54. The lowest BCUT2D eigenvalue weighted by Crippen LogP contribution is -2.52. The highest BCUT2D eigenvalue weighted by atomic mass is 79.9. The molecule has 0 unspecified atom stereocenters. The van der Waals surface area contributed by atoms with E-state index in [2.05, 4.69) is 42.0 Å². The minimum Gasteiger partial charge on any atom is -0.483 e. The predicted octanol–water partition coefficient (Wildman–Crippen LogP) is 7.04. The maximum absolute atomic E-state index is 13.5. The minimum atomic E-state index is -0.578. The Labute approximate surface area is 229 Å².